The number of rotatable bonds is 3. The molecule has 0 saturated carbocycles. The van der Waals surface area contributed by atoms with Gasteiger partial charge in [0.25, 0.3) is 0 Å². The fraction of sp³-hybridized carbons (Fsp3) is 0.188. The third kappa shape index (κ3) is 1.99. The van der Waals surface area contributed by atoms with Gasteiger partial charge in [0, 0.05) is 17.1 Å². The van der Waals surface area contributed by atoms with Gasteiger partial charge in [0.05, 0.1) is 37.1 Å². The van der Waals surface area contributed by atoms with Crippen LogP contribution in [0.15, 0.2) is 48.8 Å². The molecule has 0 unspecified atom stereocenters. The van der Waals surface area contributed by atoms with E-state index in [0.717, 1.165) is 24.3 Å². The van der Waals surface area contributed by atoms with Crippen LogP contribution in [-0.4, -0.2) is 15.0 Å². The molecule has 0 bridgehead atoms. The van der Waals surface area contributed by atoms with E-state index in [-0.39, 0.29) is 0 Å². The number of benzene rings is 1. The number of nitrogens with one attached hydrogen (secondary N) is 1. The molecule has 1 aromatic carbocycles. The summed E-state index contributed by atoms with van der Waals surface area (Å²) in [6.07, 6.45) is 3.86. The van der Waals surface area contributed by atoms with Gasteiger partial charge in [0.2, 0.25) is 0 Å². The molecule has 3 heterocycles. The van der Waals surface area contributed by atoms with Crippen LogP contribution in [0.1, 0.15) is 16.8 Å². The minimum absolute atomic E-state index is 0.602. The van der Waals surface area contributed by atoms with Crippen LogP contribution in [0.2, 0.25) is 0 Å². The summed E-state index contributed by atoms with van der Waals surface area (Å²) >= 11 is 0. The molecule has 3 aromatic rings. The van der Waals surface area contributed by atoms with Crippen LogP contribution in [0.25, 0.3) is 10.9 Å². The maximum absolute atomic E-state index is 5.88. The van der Waals surface area contributed by atoms with E-state index in [1.807, 2.05) is 35.7 Å². The summed E-state index contributed by atoms with van der Waals surface area (Å²) in [5.41, 5.74) is 4.67. The van der Waals surface area contributed by atoms with Crippen molar-refractivity contribution in [3.05, 3.63) is 65.6 Å². The van der Waals surface area contributed by atoms with E-state index < -0.39 is 0 Å². The van der Waals surface area contributed by atoms with Gasteiger partial charge in [0.1, 0.15) is 0 Å². The standard InChI is InChI=1S/C16H15N3O/c1-2-4-12(5-3-1)11-20-19-9-14-13-6-7-17-15(13)8-18-16(14)10-19/h1-8,17H,9-11H2. The van der Waals surface area contributed by atoms with Crippen LogP contribution in [0.4, 0.5) is 0 Å². The van der Waals surface area contributed by atoms with E-state index >= 15 is 0 Å². The van der Waals surface area contributed by atoms with Crippen LogP contribution < -0.4 is 0 Å². The highest BCUT2D eigenvalue weighted by Gasteiger charge is 2.23. The van der Waals surface area contributed by atoms with Crippen LogP contribution >= 0.6 is 0 Å². The molecular weight excluding hydrogens is 250 g/mol. The molecule has 4 nitrogen and oxygen atoms in total. The van der Waals surface area contributed by atoms with Crippen molar-refractivity contribution in [3.63, 3.8) is 0 Å². The molecule has 1 aliphatic rings. The second kappa shape index (κ2) is 4.74. The largest absolute Gasteiger partial charge is 0.360 e. The summed E-state index contributed by atoms with van der Waals surface area (Å²) in [7, 11) is 0. The minimum atomic E-state index is 0.602. The molecule has 20 heavy (non-hydrogen) atoms. The summed E-state index contributed by atoms with van der Waals surface area (Å²) in [6.45, 7) is 2.15. The molecule has 0 fully saturated rings. The molecule has 1 N–H and O–H groups in total. The monoisotopic (exact) mass is 265 g/mol. The molecule has 0 saturated heterocycles. The maximum atomic E-state index is 5.88. The van der Waals surface area contributed by atoms with Gasteiger partial charge >= 0.3 is 0 Å². The third-order valence-corrected chi connectivity index (χ3v) is 3.72. The van der Waals surface area contributed by atoms with E-state index in [0.29, 0.717) is 6.61 Å². The van der Waals surface area contributed by atoms with E-state index in [1.54, 1.807) is 0 Å². The number of aromatic amines is 1. The van der Waals surface area contributed by atoms with Crippen LogP contribution in [0.5, 0.6) is 0 Å². The molecule has 0 atom stereocenters. The van der Waals surface area contributed by atoms with Crippen molar-refractivity contribution in [3.8, 4) is 0 Å². The van der Waals surface area contributed by atoms with E-state index in [2.05, 4.69) is 28.2 Å². The Hall–Kier alpha value is -2.17. The second-order valence-corrected chi connectivity index (χ2v) is 5.05. The molecule has 0 spiro atoms. The topological polar surface area (TPSA) is 41.1 Å². The Morgan fingerprint density at radius 3 is 2.95 bits per heavy atom. The maximum Gasteiger partial charge on any atom is 0.0936 e. The number of hydrogen-bond donors (Lipinski definition) is 1. The van der Waals surface area contributed by atoms with Gasteiger partial charge in [-0.05, 0) is 11.6 Å². The molecule has 100 valence electrons. The van der Waals surface area contributed by atoms with Crippen LogP contribution in [-0.2, 0) is 24.5 Å². The van der Waals surface area contributed by atoms with Gasteiger partial charge in [0.15, 0.2) is 0 Å². The fourth-order valence-electron chi connectivity index (χ4n) is 2.67. The van der Waals surface area contributed by atoms with Crippen LogP contribution in [0.3, 0.4) is 0 Å². The first-order chi connectivity index (χ1) is 9.90. The Bertz CT molecular complexity index is 736. The number of fused-ring (bicyclic) bond motifs is 3. The smallest absolute Gasteiger partial charge is 0.0936 e. The number of hydrogen-bond acceptors (Lipinski definition) is 3. The quantitative estimate of drug-likeness (QED) is 0.791. The Morgan fingerprint density at radius 2 is 2.05 bits per heavy atom. The first-order valence-corrected chi connectivity index (χ1v) is 6.76. The van der Waals surface area contributed by atoms with Crippen molar-refractivity contribution < 1.29 is 4.84 Å². The van der Waals surface area contributed by atoms with Gasteiger partial charge in [-0.25, -0.2) is 0 Å². The van der Waals surface area contributed by atoms with Gasteiger partial charge in [-0.2, -0.15) is 5.06 Å². The Kier molecular flexibility index (Phi) is 2.76. The number of H-pyrrole nitrogens is 1. The average molecular weight is 265 g/mol. The summed E-state index contributed by atoms with van der Waals surface area (Å²) in [5.74, 6) is 0. The van der Waals surface area contributed by atoms with Crippen molar-refractivity contribution in [2.24, 2.45) is 0 Å². The number of aromatic nitrogens is 2. The summed E-state index contributed by atoms with van der Waals surface area (Å²) < 4.78 is 0. The predicted octanol–water partition coefficient (Wildman–Crippen LogP) is 3.01. The molecular formula is C16H15N3O. The summed E-state index contributed by atoms with van der Waals surface area (Å²) in [5, 5.41) is 3.23. The third-order valence-electron chi connectivity index (χ3n) is 3.72. The Balaban J connectivity index is 1.51. The zero-order valence-electron chi connectivity index (χ0n) is 11.0. The average Bonchev–Trinajstić information content (AvgIpc) is 3.11. The van der Waals surface area contributed by atoms with Crippen molar-refractivity contribution >= 4 is 10.9 Å². The van der Waals surface area contributed by atoms with E-state index in [4.69, 9.17) is 4.84 Å². The van der Waals surface area contributed by atoms with Gasteiger partial charge in [-0.1, -0.05) is 30.3 Å². The SMILES string of the molecule is c1ccc(CON2Cc3ncc4[nH]ccc4c3C2)cc1. The molecule has 4 rings (SSSR count). The zero-order chi connectivity index (χ0) is 13.4. The number of nitrogens with zero attached hydrogens (tertiary/aromatic N) is 2. The first-order valence-electron chi connectivity index (χ1n) is 6.76. The molecule has 0 aliphatic carbocycles. The van der Waals surface area contributed by atoms with Gasteiger partial charge < -0.3 is 4.98 Å². The summed E-state index contributed by atoms with van der Waals surface area (Å²) in [6, 6.07) is 12.3. The van der Waals surface area contributed by atoms with E-state index in [9.17, 15) is 0 Å². The van der Waals surface area contributed by atoms with Crippen molar-refractivity contribution in [2.75, 3.05) is 0 Å². The zero-order valence-corrected chi connectivity index (χ0v) is 11.0. The lowest BCUT2D eigenvalue weighted by molar-refractivity contribution is -0.176. The molecule has 2 aromatic heterocycles. The minimum Gasteiger partial charge on any atom is -0.360 e. The molecule has 4 heteroatoms. The molecule has 1 aliphatic heterocycles. The van der Waals surface area contributed by atoms with E-state index in [1.165, 1.54) is 16.5 Å². The number of hydroxylamine groups is 2. The van der Waals surface area contributed by atoms with Crippen molar-refractivity contribution in [1.29, 1.82) is 0 Å². The fourth-order valence-corrected chi connectivity index (χ4v) is 2.67. The lowest BCUT2D eigenvalue weighted by atomic mass is 10.1. The van der Waals surface area contributed by atoms with Gasteiger partial charge in [-0.15, -0.1) is 0 Å². The highest BCUT2D eigenvalue weighted by atomic mass is 16.7. The highest BCUT2D eigenvalue weighted by molar-refractivity contribution is 5.83. The first kappa shape index (κ1) is 11.6. The molecule has 0 amide bonds. The van der Waals surface area contributed by atoms with Crippen LogP contribution in [0, 0.1) is 0 Å². The highest BCUT2D eigenvalue weighted by Crippen LogP contribution is 2.28. The lowest BCUT2D eigenvalue weighted by Gasteiger charge is -2.14. The normalized spacial score (nSPS) is 14.8. The number of pyridine rings is 1. The van der Waals surface area contributed by atoms with Crippen molar-refractivity contribution in [1.82, 2.24) is 15.0 Å². The Labute approximate surface area is 117 Å². The molecule has 0 radical (unpaired) electrons. The van der Waals surface area contributed by atoms with Crippen molar-refractivity contribution in [2.45, 2.75) is 19.7 Å². The predicted molar refractivity (Wildman–Crippen MR) is 76.6 cm³/mol. The lowest BCUT2D eigenvalue weighted by Crippen LogP contribution is -2.16. The summed E-state index contributed by atoms with van der Waals surface area (Å²) in [4.78, 5) is 13.6. The Morgan fingerprint density at radius 1 is 1.15 bits per heavy atom. The second-order valence-electron chi connectivity index (χ2n) is 5.05. The van der Waals surface area contributed by atoms with Gasteiger partial charge in [-0.3, -0.25) is 9.82 Å².